The van der Waals surface area contributed by atoms with E-state index in [9.17, 15) is 9.90 Å². The summed E-state index contributed by atoms with van der Waals surface area (Å²) in [7, 11) is 1.48. The molecule has 19 heavy (non-hydrogen) atoms. The zero-order chi connectivity index (χ0) is 14.3. The zero-order valence-corrected chi connectivity index (χ0v) is 11.2. The molecule has 0 spiro atoms. The van der Waals surface area contributed by atoms with Crippen LogP contribution in [0, 0.1) is 0 Å². The SMILES string of the molecule is C=CCc1cc(C=CC(=O)OCC)cc(OC)c1O. The van der Waals surface area contributed by atoms with Gasteiger partial charge in [0.05, 0.1) is 13.7 Å². The molecular weight excluding hydrogens is 244 g/mol. The minimum atomic E-state index is -0.403. The Morgan fingerprint density at radius 2 is 2.21 bits per heavy atom. The third-order valence-electron chi connectivity index (χ3n) is 2.46. The van der Waals surface area contributed by atoms with Gasteiger partial charge in [-0.25, -0.2) is 4.79 Å². The van der Waals surface area contributed by atoms with Gasteiger partial charge in [0, 0.05) is 11.6 Å². The lowest BCUT2D eigenvalue weighted by Gasteiger charge is -2.09. The van der Waals surface area contributed by atoms with Crippen LogP contribution in [0.3, 0.4) is 0 Å². The number of phenolic OH excluding ortho intramolecular Hbond substituents is 1. The van der Waals surface area contributed by atoms with Gasteiger partial charge in [-0.1, -0.05) is 6.08 Å². The summed E-state index contributed by atoms with van der Waals surface area (Å²) in [6.07, 6.45) is 5.16. The van der Waals surface area contributed by atoms with Crippen LogP contribution in [0.2, 0.25) is 0 Å². The number of methoxy groups -OCH3 is 1. The number of hydrogen-bond donors (Lipinski definition) is 1. The molecule has 1 aromatic rings. The van der Waals surface area contributed by atoms with Gasteiger partial charge in [0.15, 0.2) is 11.5 Å². The molecule has 1 N–H and O–H groups in total. The van der Waals surface area contributed by atoms with Gasteiger partial charge in [0.1, 0.15) is 0 Å². The van der Waals surface area contributed by atoms with Crippen molar-refractivity contribution in [2.75, 3.05) is 13.7 Å². The quantitative estimate of drug-likeness (QED) is 0.486. The fraction of sp³-hybridized carbons (Fsp3) is 0.267. The fourth-order valence-corrected chi connectivity index (χ4v) is 1.61. The van der Waals surface area contributed by atoms with Crippen molar-refractivity contribution in [1.29, 1.82) is 0 Å². The third-order valence-corrected chi connectivity index (χ3v) is 2.46. The number of carbonyl (C=O) groups excluding carboxylic acids is 1. The first-order chi connectivity index (χ1) is 9.12. The molecule has 0 aromatic heterocycles. The van der Waals surface area contributed by atoms with E-state index >= 15 is 0 Å². The Kier molecular flexibility index (Phi) is 5.67. The van der Waals surface area contributed by atoms with Gasteiger partial charge in [0.2, 0.25) is 0 Å². The number of esters is 1. The van der Waals surface area contributed by atoms with E-state index in [0.717, 1.165) is 5.56 Å². The summed E-state index contributed by atoms with van der Waals surface area (Å²) in [5, 5.41) is 9.92. The standard InChI is InChI=1S/C15H18O4/c1-4-6-12-9-11(7-8-14(16)19-5-2)10-13(18-3)15(12)17/h4,7-10,17H,1,5-6H2,2-3H3. The second-order valence-corrected chi connectivity index (χ2v) is 3.81. The lowest BCUT2D eigenvalue weighted by Crippen LogP contribution is -1.98. The monoisotopic (exact) mass is 262 g/mol. The Morgan fingerprint density at radius 3 is 2.79 bits per heavy atom. The molecule has 0 saturated carbocycles. The molecule has 0 bridgehead atoms. The highest BCUT2D eigenvalue weighted by Crippen LogP contribution is 2.32. The van der Waals surface area contributed by atoms with Crippen LogP contribution >= 0.6 is 0 Å². The number of rotatable bonds is 6. The molecule has 0 atom stereocenters. The minimum absolute atomic E-state index is 0.0932. The van der Waals surface area contributed by atoms with Crippen molar-refractivity contribution in [3.8, 4) is 11.5 Å². The van der Waals surface area contributed by atoms with Crippen LogP contribution in [0.5, 0.6) is 11.5 Å². The van der Waals surface area contributed by atoms with E-state index in [1.807, 2.05) is 0 Å². The molecule has 0 heterocycles. The summed E-state index contributed by atoms with van der Waals surface area (Å²) in [6.45, 7) is 5.72. The van der Waals surface area contributed by atoms with E-state index < -0.39 is 5.97 Å². The molecule has 0 aliphatic carbocycles. The molecule has 0 fully saturated rings. The van der Waals surface area contributed by atoms with E-state index in [-0.39, 0.29) is 5.75 Å². The van der Waals surface area contributed by atoms with Crippen molar-refractivity contribution < 1.29 is 19.4 Å². The van der Waals surface area contributed by atoms with Crippen LogP contribution in [-0.2, 0) is 16.0 Å². The Labute approximate surface area is 113 Å². The second kappa shape index (κ2) is 7.26. The number of allylic oxidation sites excluding steroid dienone is 1. The maximum absolute atomic E-state index is 11.2. The molecule has 4 heteroatoms. The third kappa shape index (κ3) is 4.17. The van der Waals surface area contributed by atoms with Crippen molar-refractivity contribution >= 4 is 12.0 Å². The van der Waals surface area contributed by atoms with E-state index in [1.165, 1.54) is 13.2 Å². The van der Waals surface area contributed by atoms with Crippen LogP contribution in [0.25, 0.3) is 6.08 Å². The predicted molar refractivity (Wildman–Crippen MR) is 74.2 cm³/mol. The lowest BCUT2D eigenvalue weighted by molar-refractivity contribution is -0.137. The van der Waals surface area contributed by atoms with E-state index in [2.05, 4.69) is 6.58 Å². The molecule has 0 amide bonds. The van der Waals surface area contributed by atoms with Crippen LogP contribution in [0.4, 0.5) is 0 Å². The van der Waals surface area contributed by atoms with Crippen molar-refractivity contribution in [2.45, 2.75) is 13.3 Å². The zero-order valence-electron chi connectivity index (χ0n) is 11.2. The number of benzene rings is 1. The molecule has 0 aliphatic heterocycles. The maximum atomic E-state index is 11.2. The number of carbonyl (C=O) groups is 1. The average Bonchev–Trinajstić information content (AvgIpc) is 2.40. The van der Waals surface area contributed by atoms with Crippen molar-refractivity contribution in [2.24, 2.45) is 0 Å². The average molecular weight is 262 g/mol. The van der Waals surface area contributed by atoms with Gasteiger partial charge >= 0.3 is 5.97 Å². The number of ether oxygens (including phenoxy) is 2. The van der Waals surface area contributed by atoms with Crippen LogP contribution in [-0.4, -0.2) is 24.8 Å². The van der Waals surface area contributed by atoms with Gasteiger partial charge in [-0.3, -0.25) is 0 Å². The number of aromatic hydroxyl groups is 1. The molecule has 1 aromatic carbocycles. The summed E-state index contributed by atoms with van der Waals surface area (Å²) in [4.78, 5) is 11.2. The summed E-state index contributed by atoms with van der Waals surface area (Å²) in [5.74, 6) is 0.0540. The molecule has 1 rings (SSSR count). The van der Waals surface area contributed by atoms with E-state index in [4.69, 9.17) is 9.47 Å². The molecule has 4 nitrogen and oxygen atoms in total. The normalized spacial score (nSPS) is 10.4. The Bertz CT molecular complexity index is 489. The number of phenols is 1. The molecule has 102 valence electrons. The predicted octanol–water partition coefficient (Wildman–Crippen LogP) is 2.71. The highest BCUT2D eigenvalue weighted by molar-refractivity contribution is 5.87. The molecule has 0 unspecified atom stereocenters. The molecule has 0 aliphatic rings. The highest BCUT2D eigenvalue weighted by Gasteiger charge is 2.08. The van der Waals surface area contributed by atoms with Crippen LogP contribution in [0.1, 0.15) is 18.1 Å². The van der Waals surface area contributed by atoms with Gasteiger partial charge in [-0.15, -0.1) is 6.58 Å². The van der Waals surface area contributed by atoms with Crippen molar-refractivity contribution in [1.82, 2.24) is 0 Å². The Hall–Kier alpha value is -2.23. The summed E-state index contributed by atoms with van der Waals surface area (Å²) < 4.78 is 9.89. The van der Waals surface area contributed by atoms with Gasteiger partial charge in [-0.05, 0) is 37.1 Å². The minimum Gasteiger partial charge on any atom is -0.504 e. The lowest BCUT2D eigenvalue weighted by atomic mass is 10.1. The van der Waals surface area contributed by atoms with E-state index in [1.54, 1.807) is 31.2 Å². The highest BCUT2D eigenvalue weighted by atomic mass is 16.5. The molecular formula is C15H18O4. The first-order valence-corrected chi connectivity index (χ1v) is 5.98. The topological polar surface area (TPSA) is 55.8 Å². The summed E-state index contributed by atoms with van der Waals surface area (Å²) >= 11 is 0. The maximum Gasteiger partial charge on any atom is 0.330 e. The fourth-order valence-electron chi connectivity index (χ4n) is 1.61. The Morgan fingerprint density at radius 1 is 1.47 bits per heavy atom. The van der Waals surface area contributed by atoms with Crippen molar-refractivity contribution in [3.63, 3.8) is 0 Å². The molecule has 0 saturated heterocycles. The van der Waals surface area contributed by atoms with Crippen LogP contribution in [0.15, 0.2) is 30.9 Å². The first-order valence-electron chi connectivity index (χ1n) is 5.98. The van der Waals surface area contributed by atoms with E-state index in [0.29, 0.717) is 24.3 Å². The summed E-state index contributed by atoms with van der Waals surface area (Å²) in [6, 6.07) is 3.42. The van der Waals surface area contributed by atoms with Crippen LogP contribution < -0.4 is 4.74 Å². The summed E-state index contributed by atoms with van der Waals surface area (Å²) in [5.41, 5.74) is 1.44. The van der Waals surface area contributed by atoms with Gasteiger partial charge in [0.25, 0.3) is 0 Å². The second-order valence-electron chi connectivity index (χ2n) is 3.81. The van der Waals surface area contributed by atoms with Gasteiger partial charge < -0.3 is 14.6 Å². The van der Waals surface area contributed by atoms with Crippen molar-refractivity contribution in [3.05, 3.63) is 42.0 Å². The first kappa shape index (κ1) is 14.8. The largest absolute Gasteiger partial charge is 0.504 e. The Balaban J connectivity index is 3.04. The molecule has 0 radical (unpaired) electrons. The smallest absolute Gasteiger partial charge is 0.330 e. The number of hydrogen-bond acceptors (Lipinski definition) is 4. The van der Waals surface area contributed by atoms with Gasteiger partial charge in [-0.2, -0.15) is 0 Å².